The zero-order valence-corrected chi connectivity index (χ0v) is 11.7. The van der Waals surface area contributed by atoms with Gasteiger partial charge in [-0.15, -0.1) is 0 Å². The lowest BCUT2D eigenvalue weighted by atomic mass is 10.2. The van der Waals surface area contributed by atoms with Crippen molar-refractivity contribution in [2.45, 2.75) is 13.5 Å². The summed E-state index contributed by atoms with van der Waals surface area (Å²) in [5.74, 6) is 0.217. The first-order valence-electron chi connectivity index (χ1n) is 6.85. The Bertz CT molecular complexity index is 754. The SMILES string of the molecule is CCOc1cc(F)ccc1NCc1cnn2ccccc12. The molecule has 1 aromatic carbocycles. The fourth-order valence-corrected chi connectivity index (χ4v) is 2.23. The van der Waals surface area contributed by atoms with Crippen LogP contribution in [0.15, 0.2) is 48.8 Å². The molecule has 4 nitrogen and oxygen atoms in total. The summed E-state index contributed by atoms with van der Waals surface area (Å²) in [5.41, 5.74) is 2.89. The van der Waals surface area contributed by atoms with Gasteiger partial charge in [-0.3, -0.25) is 0 Å². The van der Waals surface area contributed by atoms with E-state index in [4.69, 9.17) is 4.74 Å². The lowest BCUT2D eigenvalue weighted by Gasteiger charge is -2.12. The normalized spacial score (nSPS) is 10.8. The third-order valence-corrected chi connectivity index (χ3v) is 3.22. The largest absolute Gasteiger partial charge is 0.492 e. The molecule has 2 heterocycles. The molecule has 0 unspecified atom stereocenters. The molecule has 21 heavy (non-hydrogen) atoms. The third kappa shape index (κ3) is 2.81. The maximum atomic E-state index is 13.3. The number of ether oxygens (including phenoxy) is 1. The van der Waals surface area contributed by atoms with E-state index in [1.54, 1.807) is 6.07 Å². The van der Waals surface area contributed by atoms with Crippen LogP contribution in [0, 0.1) is 5.82 Å². The number of fused-ring (bicyclic) bond motifs is 1. The minimum atomic E-state index is -0.306. The molecule has 1 N–H and O–H groups in total. The van der Waals surface area contributed by atoms with Gasteiger partial charge in [0.2, 0.25) is 0 Å². The highest BCUT2D eigenvalue weighted by atomic mass is 19.1. The van der Waals surface area contributed by atoms with Crippen molar-refractivity contribution in [3.05, 3.63) is 60.2 Å². The number of rotatable bonds is 5. The van der Waals surface area contributed by atoms with E-state index < -0.39 is 0 Å². The van der Waals surface area contributed by atoms with Gasteiger partial charge in [0.1, 0.15) is 11.6 Å². The van der Waals surface area contributed by atoms with Crippen molar-refractivity contribution in [1.29, 1.82) is 0 Å². The van der Waals surface area contributed by atoms with Crippen LogP contribution in [0.4, 0.5) is 10.1 Å². The molecule has 0 atom stereocenters. The Morgan fingerprint density at radius 2 is 2.19 bits per heavy atom. The molecule has 0 spiro atoms. The minimum Gasteiger partial charge on any atom is -0.492 e. The van der Waals surface area contributed by atoms with Crippen LogP contribution in [0.25, 0.3) is 5.52 Å². The van der Waals surface area contributed by atoms with Gasteiger partial charge in [0.15, 0.2) is 0 Å². The van der Waals surface area contributed by atoms with Crippen molar-refractivity contribution in [2.75, 3.05) is 11.9 Å². The summed E-state index contributed by atoms with van der Waals surface area (Å²) < 4.78 is 20.5. The molecular weight excluding hydrogens is 269 g/mol. The summed E-state index contributed by atoms with van der Waals surface area (Å²) in [6.07, 6.45) is 3.73. The summed E-state index contributed by atoms with van der Waals surface area (Å²) >= 11 is 0. The molecule has 0 radical (unpaired) electrons. The molecule has 2 aromatic heterocycles. The number of pyridine rings is 1. The smallest absolute Gasteiger partial charge is 0.145 e. The molecule has 0 amide bonds. The zero-order valence-electron chi connectivity index (χ0n) is 11.7. The van der Waals surface area contributed by atoms with E-state index in [9.17, 15) is 4.39 Å². The Balaban J connectivity index is 1.81. The lowest BCUT2D eigenvalue weighted by molar-refractivity contribution is 0.340. The van der Waals surface area contributed by atoms with Crippen LogP contribution >= 0.6 is 0 Å². The Morgan fingerprint density at radius 1 is 1.29 bits per heavy atom. The van der Waals surface area contributed by atoms with Gasteiger partial charge in [-0.1, -0.05) is 6.07 Å². The summed E-state index contributed by atoms with van der Waals surface area (Å²) in [6, 6.07) is 10.4. The number of hydrogen-bond donors (Lipinski definition) is 1. The van der Waals surface area contributed by atoms with E-state index in [-0.39, 0.29) is 5.82 Å². The zero-order chi connectivity index (χ0) is 14.7. The fraction of sp³-hybridized carbons (Fsp3) is 0.188. The number of nitrogens with zero attached hydrogens (tertiary/aromatic N) is 2. The van der Waals surface area contributed by atoms with Crippen LogP contribution in [-0.2, 0) is 6.54 Å². The molecule has 3 rings (SSSR count). The van der Waals surface area contributed by atoms with Gasteiger partial charge in [-0.2, -0.15) is 5.10 Å². The minimum absolute atomic E-state index is 0.306. The average molecular weight is 285 g/mol. The van der Waals surface area contributed by atoms with Gasteiger partial charge in [-0.05, 0) is 31.2 Å². The second kappa shape index (κ2) is 5.83. The molecule has 0 aliphatic rings. The monoisotopic (exact) mass is 285 g/mol. The molecule has 108 valence electrons. The van der Waals surface area contributed by atoms with Gasteiger partial charge in [-0.25, -0.2) is 8.91 Å². The van der Waals surface area contributed by atoms with Crippen LogP contribution < -0.4 is 10.1 Å². The molecule has 0 saturated carbocycles. The van der Waals surface area contributed by atoms with Crippen molar-refractivity contribution in [1.82, 2.24) is 9.61 Å². The van der Waals surface area contributed by atoms with Crippen LogP contribution in [0.1, 0.15) is 12.5 Å². The van der Waals surface area contributed by atoms with Crippen molar-refractivity contribution in [3.8, 4) is 5.75 Å². The molecule has 0 saturated heterocycles. The highest BCUT2D eigenvalue weighted by Crippen LogP contribution is 2.26. The highest BCUT2D eigenvalue weighted by Gasteiger charge is 2.07. The van der Waals surface area contributed by atoms with Crippen LogP contribution in [0.2, 0.25) is 0 Å². The maximum Gasteiger partial charge on any atom is 0.145 e. The summed E-state index contributed by atoms with van der Waals surface area (Å²) in [4.78, 5) is 0. The lowest BCUT2D eigenvalue weighted by Crippen LogP contribution is -2.03. The number of aromatic nitrogens is 2. The number of anilines is 1. The quantitative estimate of drug-likeness (QED) is 0.780. The molecule has 0 fully saturated rings. The first-order chi connectivity index (χ1) is 10.3. The summed E-state index contributed by atoms with van der Waals surface area (Å²) in [5, 5.41) is 7.56. The van der Waals surface area contributed by atoms with Crippen LogP contribution in [0.5, 0.6) is 5.75 Å². The molecular formula is C16H16FN3O. The fourth-order valence-electron chi connectivity index (χ4n) is 2.23. The van der Waals surface area contributed by atoms with Crippen molar-refractivity contribution in [3.63, 3.8) is 0 Å². The van der Waals surface area contributed by atoms with E-state index in [0.717, 1.165) is 16.8 Å². The predicted octanol–water partition coefficient (Wildman–Crippen LogP) is 3.48. The number of hydrogen-bond acceptors (Lipinski definition) is 3. The van der Waals surface area contributed by atoms with Crippen LogP contribution in [-0.4, -0.2) is 16.2 Å². The number of benzene rings is 1. The van der Waals surface area contributed by atoms with Gasteiger partial charge >= 0.3 is 0 Å². The van der Waals surface area contributed by atoms with E-state index in [1.807, 2.05) is 42.0 Å². The molecule has 0 bridgehead atoms. The standard InChI is InChI=1S/C16H16FN3O/c1-2-21-16-9-13(17)6-7-14(16)18-10-12-11-19-20-8-4-3-5-15(12)20/h3-9,11,18H,2,10H2,1H3. The van der Waals surface area contributed by atoms with Crippen molar-refractivity contribution in [2.24, 2.45) is 0 Å². The van der Waals surface area contributed by atoms with Gasteiger partial charge in [0.25, 0.3) is 0 Å². The summed E-state index contributed by atoms with van der Waals surface area (Å²) in [7, 11) is 0. The van der Waals surface area contributed by atoms with Crippen molar-refractivity contribution < 1.29 is 9.13 Å². The maximum absolute atomic E-state index is 13.3. The number of halogens is 1. The van der Waals surface area contributed by atoms with Gasteiger partial charge < -0.3 is 10.1 Å². The topological polar surface area (TPSA) is 38.6 Å². The predicted molar refractivity (Wildman–Crippen MR) is 80.1 cm³/mol. The Morgan fingerprint density at radius 3 is 3.05 bits per heavy atom. The van der Waals surface area contributed by atoms with Crippen molar-refractivity contribution >= 4 is 11.2 Å². The Kier molecular flexibility index (Phi) is 3.73. The van der Waals surface area contributed by atoms with E-state index in [1.165, 1.54) is 12.1 Å². The van der Waals surface area contributed by atoms with Gasteiger partial charge in [0.05, 0.1) is 24.0 Å². The Labute approximate surface area is 122 Å². The molecule has 0 aliphatic heterocycles. The van der Waals surface area contributed by atoms with E-state index in [2.05, 4.69) is 10.4 Å². The van der Waals surface area contributed by atoms with E-state index in [0.29, 0.717) is 18.9 Å². The Hall–Kier alpha value is -2.56. The summed E-state index contributed by atoms with van der Waals surface area (Å²) in [6.45, 7) is 2.97. The average Bonchev–Trinajstić information content (AvgIpc) is 2.90. The van der Waals surface area contributed by atoms with Crippen LogP contribution in [0.3, 0.4) is 0 Å². The van der Waals surface area contributed by atoms with E-state index >= 15 is 0 Å². The molecule has 0 aliphatic carbocycles. The van der Waals surface area contributed by atoms with Gasteiger partial charge in [0, 0.05) is 24.4 Å². The first kappa shape index (κ1) is 13.4. The number of nitrogens with one attached hydrogen (secondary N) is 1. The second-order valence-corrected chi connectivity index (χ2v) is 4.63. The molecule has 5 heteroatoms. The molecule has 3 aromatic rings. The second-order valence-electron chi connectivity index (χ2n) is 4.63. The highest BCUT2D eigenvalue weighted by molar-refractivity contribution is 5.59. The first-order valence-corrected chi connectivity index (χ1v) is 6.85. The third-order valence-electron chi connectivity index (χ3n) is 3.22.